The number of rotatable bonds is 4. The first-order valence-electron chi connectivity index (χ1n) is 9.07. The van der Waals surface area contributed by atoms with Crippen LogP contribution < -0.4 is 5.32 Å². The van der Waals surface area contributed by atoms with Crippen LogP contribution >= 0.6 is 0 Å². The molecule has 0 unspecified atom stereocenters. The van der Waals surface area contributed by atoms with Crippen molar-refractivity contribution in [1.82, 2.24) is 14.5 Å². The third-order valence-corrected chi connectivity index (χ3v) is 6.77. The number of nitrogens with one attached hydrogen (secondary N) is 1. The van der Waals surface area contributed by atoms with E-state index in [-0.39, 0.29) is 37.4 Å². The molecule has 0 aliphatic carbocycles. The molecule has 2 aliphatic heterocycles. The number of carbonyl (C=O) groups is 1. The van der Waals surface area contributed by atoms with Crippen molar-refractivity contribution in [3.05, 3.63) is 29.8 Å². The lowest BCUT2D eigenvalue weighted by Crippen LogP contribution is -2.62. The topological polar surface area (TPSA) is 79.0 Å². The molecule has 26 heavy (non-hydrogen) atoms. The van der Waals surface area contributed by atoms with Gasteiger partial charge < -0.3 is 15.0 Å². The van der Waals surface area contributed by atoms with E-state index in [9.17, 15) is 13.2 Å². The second kappa shape index (κ2) is 7.54. The summed E-state index contributed by atoms with van der Waals surface area (Å²) in [6, 6.07) is 6.95. The molecule has 2 amide bonds. The second-order valence-corrected chi connectivity index (χ2v) is 9.12. The van der Waals surface area contributed by atoms with Gasteiger partial charge in [0.25, 0.3) is 0 Å². The monoisotopic (exact) mass is 381 g/mol. The lowest BCUT2D eigenvalue weighted by atomic mass is 10.1. The largest absolute Gasteiger partial charge is 0.369 e. The first kappa shape index (κ1) is 19.1. The average Bonchev–Trinajstić information content (AvgIpc) is 2.60. The van der Waals surface area contributed by atoms with E-state index in [1.165, 1.54) is 4.31 Å². The summed E-state index contributed by atoms with van der Waals surface area (Å²) in [5.41, 5.74) is 0.910. The zero-order chi connectivity index (χ0) is 18.9. The molecule has 2 aliphatic rings. The van der Waals surface area contributed by atoms with E-state index in [1.807, 2.05) is 26.8 Å². The van der Waals surface area contributed by atoms with Crippen molar-refractivity contribution in [3.8, 4) is 0 Å². The van der Waals surface area contributed by atoms with E-state index in [4.69, 9.17) is 4.74 Å². The van der Waals surface area contributed by atoms with Gasteiger partial charge in [-0.25, -0.2) is 13.2 Å². The number of ether oxygens (including phenoxy) is 1. The highest BCUT2D eigenvalue weighted by Gasteiger charge is 2.41. The van der Waals surface area contributed by atoms with Crippen LogP contribution in [-0.2, 0) is 14.8 Å². The first-order valence-corrected chi connectivity index (χ1v) is 10.5. The Bertz CT molecular complexity index is 753. The molecule has 2 saturated heterocycles. The maximum absolute atomic E-state index is 12.9. The smallest absolute Gasteiger partial charge is 0.317 e. The molecule has 7 nitrogen and oxygen atoms in total. The van der Waals surface area contributed by atoms with Crippen LogP contribution in [0.5, 0.6) is 0 Å². The van der Waals surface area contributed by atoms with Gasteiger partial charge in [0, 0.05) is 19.1 Å². The Balaban J connectivity index is 1.69. The number of amides is 2. The van der Waals surface area contributed by atoms with E-state index < -0.39 is 10.0 Å². The molecule has 144 valence electrons. The van der Waals surface area contributed by atoms with Gasteiger partial charge in [-0.3, -0.25) is 0 Å². The molecule has 1 N–H and O–H groups in total. The van der Waals surface area contributed by atoms with Gasteiger partial charge in [0.05, 0.1) is 30.2 Å². The van der Waals surface area contributed by atoms with Crippen molar-refractivity contribution in [1.29, 1.82) is 0 Å². The van der Waals surface area contributed by atoms with Crippen LogP contribution in [0.3, 0.4) is 0 Å². The Morgan fingerprint density at radius 3 is 2.50 bits per heavy atom. The molecule has 2 heterocycles. The number of aryl methyl sites for hydroxylation is 1. The molecule has 3 rings (SSSR count). The Kier molecular flexibility index (Phi) is 5.55. The minimum Gasteiger partial charge on any atom is -0.369 e. The third kappa shape index (κ3) is 4.02. The number of nitrogens with zero attached hydrogens (tertiary/aromatic N) is 2. The zero-order valence-electron chi connectivity index (χ0n) is 15.5. The molecule has 0 spiro atoms. The van der Waals surface area contributed by atoms with Crippen molar-refractivity contribution in [2.45, 2.75) is 50.3 Å². The summed E-state index contributed by atoms with van der Waals surface area (Å²) in [4.78, 5) is 14.4. The molecular formula is C18H27N3O4S. The van der Waals surface area contributed by atoms with Crippen molar-refractivity contribution in [3.63, 3.8) is 0 Å². The molecule has 2 fully saturated rings. The molecule has 1 aromatic rings. The quantitative estimate of drug-likeness (QED) is 0.859. The van der Waals surface area contributed by atoms with E-state index in [1.54, 1.807) is 23.1 Å². The summed E-state index contributed by atoms with van der Waals surface area (Å²) in [7, 11) is -3.55. The predicted molar refractivity (Wildman–Crippen MR) is 98.5 cm³/mol. The lowest BCUT2D eigenvalue weighted by molar-refractivity contribution is -0.111. The van der Waals surface area contributed by atoms with E-state index in [2.05, 4.69) is 5.32 Å². The minimum atomic E-state index is -3.55. The number of benzene rings is 1. The van der Waals surface area contributed by atoms with Crippen LogP contribution in [0.2, 0.25) is 0 Å². The summed E-state index contributed by atoms with van der Waals surface area (Å²) in [5, 5.41) is 2.96. The van der Waals surface area contributed by atoms with Crippen LogP contribution in [0.25, 0.3) is 0 Å². The minimum absolute atomic E-state index is 0.104. The molecule has 1 aromatic carbocycles. The third-order valence-electron chi connectivity index (χ3n) is 4.94. The van der Waals surface area contributed by atoms with Crippen molar-refractivity contribution >= 4 is 16.1 Å². The Morgan fingerprint density at radius 2 is 1.92 bits per heavy atom. The molecule has 8 heteroatoms. The summed E-state index contributed by atoms with van der Waals surface area (Å²) in [6.45, 7) is 7.19. The highest BCUT2D eigenvalue weighted by atomic mass is 32.2. The molecule has 0 saturated carbocycles. The van der Waals surface area contributed by atoms with Crippen molar-refractivity contribution in [2.75, 3.05) is 26.2 Å². The Morgan fingerprint density at radius 1 is 1.27 bits per heavy atom. The normalized spacial score (nSPS) is 25.0. The molecule has 3 atom stereocenters. The highest BCUT2D eigenvalue weighted by Crippen LogP contribution is 2.25. The highest BCUT2D eigenvalue weighted by molar-refractivity contribution is 7.89. The van der Waals surface area contributed by atoms with E-state index in [0.29, 0.717) is 18.0 Å². The summed E-state index contributed by atoms with van der Waals surface area (Å²) in [6.07, 6.45) is 0.264. The summed E-state index contributed by atoms with van der Waals surface area (Å²) >= 11 is 0. The fraction of sp³-hybridized carbons (Fsp3) is 0.611. The van der Waals surface area contributed by atoms with Gasteiger partial charge >= 0.3 is 6.03 Å². The molecule has 0 radical (unpaired) electrons. The van der Waals surface area contributed by atoms with E-state index >= 15 is 0 Å². The van der Waals surface area contributed by atoms with Gasteiger partial charge in [-0.05, 0) is 38.0 Å². The van der Waals surface area contributed by atoms with Crippen LogP contribution in [0.15, 0.2) is 29.2 Å². The van der Waals surface area contributed by atoms with Crippen LogP contribution in [0, 0.1) is 6.92 Å². The van der Waals surface area contributed by atoms with Gasteiger partial charge in [-0.15, -0.1) is 0 Å². The standard InChI is InChI=1S/C18H27N3O4S/c1-4-14(3)19-18(22)20-9-15-11-21(12-16(10-20)25-15)26(23,24)17-7-5-6-13(2)8-17/h5-8,14-16H,4,9-12H2,1-3H3,(H,19,22)/t14-,15-,16+/m0/s1. The maximum Gasteiger partial charge on any atom is 0.317 e. The first-order chi connectivity index (χ1) is 12.3. The van der Waals surface area contributed by atoms with Crippen LogP contribution in [0.1, 0.15) is 25.8 Å². The number of fused-ring (bicyclic) bond motifs is 2. The van der Waals surface area contributed by atoms with Gasteiger partial charge in [-0.1, -0.05) is 19.1 Å². The number of urea groups is 1. The van der Waals surface area contributed by atoms with Gasteiger partial charge in [0.1, 0.15) is 0 Å². The molecular weight excluding hydrogens is 354 g/mol. The lowest BCUT2D eigenvalue weighted by Gasteiger charge is -2.45. The number of carbonyl (C=O) groups excluding carboxylic acids is 1. The number of hydrogen-bond donors (Lipinski definition) is 1. The second-order valence-electron chi connectivity index (χ2n) is 7.18. The fourth-order valence-electron chi connectivity index (χ4n) is 3.35. The fourth-order valence-corrected chi connectivity index (χ4v) is 4.95. The van der Waals surface area contributed by atoms with Gasteiger partial charge in [0.15, 0.2) is 0 Å². The van der Waals surface area contributed by atoms with Crippen molar-refractivity contribution < 1.29 is 17.9 Å². The van der Waals surface area contributed by atoms with Gasteiger partial charge in [0.2, 0.25) is 10.0 Å². The molecule has 0 aromatic heterocycles. The van der Waals surface area contributed by atoms with E-state index in [0.717, 1.165) is 12.0 Å². The van der Waals surface area contributed by atoms with Crippen LogP contribution in [0.4, 0.5) is 4.79 Å². The maximum atomic E-state index is 12.9. The number of hydrogen-bond acceptors (Lipinski definition) is 4. The summed E-state index contributed by atoms with van der Waals surface area (Å²) in [5.74, 6) is 0. The Hall–Kier alpha value is -1.64. The summed E-state index contributed by atoms with van der Waals surface area (Å²) < 4.78 is 33.3. The SMILES string of the molecule is CC[C@H](C)NC(=O)N1C[C@@H]2CN(S(=O)(=O)c3cccc(C)c3)C[C@H](C1)O2. The van der Waals surface area contributed by atoms with Gasteiger partial charge in [-0.2, -0.15) is 4.31 Å². The van der Waals surface area contributed by atoms with Crippen molar-refractivity contribution in [2.24, 2.45) is 0 Å². The number of sulfonamides is 1. The predicted octanol–water partition coefficient (Wildman–Crippen LogP) is 1.58. The zero-order valence-corrected chi connectivity index (χ0v) is 16.3. The average molecular weight is 381 g/mol. The Labute approximate surface area is 155 Å². The number of morpholine rings is 2. The van der Waals surface area contributed by atoms with Crippen LogP contribution in [-0.4, -0.2) is 68.1 Å². The molecule has 2 bridgehead atoms.